The van der Waals surface area contributed by atoms with Crippen LogP contribution in [0.5, 0.6) is 5.75 Å². The third-order valence-corrected chi connectivity index (χ3v) is 4.59. The molecule has 1 aromatic heterocycles. The highest BCUT2D eigenvalue weighted by atomic mass is 32.2. The molecule has 0 aliphatic carbocycles. The van der Waals surface area contributed by atoms with Crippen LogP contribution in [-0.2, 0) is 11.2 Å². The van der Waals surface area contributed by atoms with Gasteiger partial charge in [-0.05, 0) is 37.6 Å². The number of thioether (sulfide) groups is 1. The molecule has 0 spiro atoms. The summed E-state index contributed by atoms with van der Waals surface area (Å²) in [5, 5.41) is 12.3. The van der Waals surface area contributed by atoms with E-state index in [2.05, 4.69) is 22.4 Å². The van der Waals surface area contributed by atoms with Crippen LogP contribution in [0.3, 0.4) is 0 Å². The van der Waals surface area contributed by atoms with Crippen LogP contribution in [0, 0.1) is 0 Å². The number of rotatable bonds is 8. The molecule has 0 saturated heterocycles. The molecule has 1 N–H and O–H groups in total. The van der Waals surface area contributed by atoms with Crippen molar-refractivity contribution >= 4 is 34.1 Å². The van der Waals surface area contributed by atoms with Crippen molar-refractivity contribution in [3.63, 3.8) is 0 Å². The molecule has 0 bridgehead atoms. The monoisotopic (exact) mass is 337 g/mol. The second-order valence-electron chi connectivity index (χ2n) is 4.49. The Balaban J connectivity index is 1.79. The van der Waals surface area contributed by atoms with Crippen LogP contribution in [0.4, 0.5) is 5.13 Å². The molecule has 0 fully saturated rings. The molecule has 22 heavy (non-hydrogen) atoms. The molecule has 2 rings (SSSR count). The third kappa shape index (κ3) is 5.31. The second-order valence-corrected chi connectivity index (χ2v) is 6.60. The Morgan fingerprint density at radius 2 is 2.05 bits per heavy atom. The fourth-order valence-electron chi connectivity index (χ4n) is 1.72. The van der Waals surface area contributed by atoms with E-state index in [1.165, 1.54) is 23.1 Å². The number of nitrogens with zero attached hydrogens (tertiary/aromatic N) is 2. The molecule has 0 aliphatic rings. The first kappa shape index (κ1) is 16.8. The maximum Gasteiger partial charge on any atom is 0.236 e. The highest BCUT2D eigenvalue weighted by molar-refractivity contribution is 8.00. The topological polar surface area (TPSA) is 64.1 Å². The molecule has 1 amide bonds. The molecular weight excluding hydrogens is 318 g/mol. The summed E-state index contributed by atoms with van der Waals surface area (Å²) in [6.45, 7) is 4.69. The number of anilines is 1. The standard InChI is InChI=1S/C15H19N3O2S2/c1-3-5-14-17-18-15(22-14)16-13(19)10-21-12-8-6-11(7-9-12)20-4-2/h6-9H,3-5,10H2,1-2H3,(H,16,18,19). The summed E-state index contributed by atoms with van der Waals surface area (Å²) in [5.74, 6) is 1.11. The molecule has 0 aliphatic heterocycles. The highest BCUT2D eigenvalue weighted by Crippen LogP contribution is 2.22. The molecule has 118 valence electrons. The first-order valence-corrected chi connectivity index (χ1v) is 8.99. The van der Waals surface area contributed by atoms with E-state index in [1.807, 2.05) is 31.2 Å². The van der Waals surface area contributed by atoms with Crippen molar-refractivity contribution in [2.45, 2.75) is 31.6 Å². The Hall–Kier alpha value is -1.60. The maximum atomic E-state index is 11.9. The summed E-state index contributed by atoms with van der Waals surface area (Å²) >= 11 is 2.92. The van der Waals surface area contributed by atoms with E-state index in [1.54, 1.807) is 0 Å². The van der Waals surface area contributed by atoms with Crippen LogP contribution in [-0.4, -0.2) is 28.5 Å². The van der Waals surface area contributed by atoms with E-state index in [9.17, 15) is 4.79 Å². The number of benzene rings is 1. The van der Waals surface area contributed by atoms with Crippen LogP contribution >= 0.6 is 23.1 Å². The van der Waals surface area contributed by atoms with E-state index in [0.717, 1.165) is 28.5 Å². The minimum Gasteiger partial charge on any atom is -0.494 e. The van der Waals surface area contributed by atoms with E-state index < -0.39 is 0 Å². The maximum absolute atomic E-state index is 11.9. The van der Waals surface area contributed by atoms with Crippen LogP contribution < -0.4 is 10.1 Å². The Labute approximate surface area is 138 Å². The highest BCUT2D eigenvalue weighted by Gasteiger charge is 2.08. The quantitative estimate of drug-likeness (QED) is 0.745. The summed E-state index contributed by atoms with van der Waals surface area (Å²) in [7, 11) is 0. The lowest BCUT2D eigenvalue weighted by Crippen LogP contribution is -2.13. The van der Waals surface area contributed by atoms with Crippen LogP contribution in [0.1, 0.15) is 25.3 Å². The van der Waals surface area contributed by atoms with Crippen molar-refractivity contribution in [2.75, 3.05) is 17.7 Å². The summed E-state index contributed by atoms with van der Waals surface area (Å²) in [6, 6.07) is 7.72. The van der Waals surface area contributed by atoms with E-state index >= 15 is 0 Å². The SMILES string of the molecule is CCCc1nnc(NC(=O)CSc2ccc(OCC)cc2)s1. The fraction of sp³-hybridized carbons (Fsp3) is 0.400. The molecule has 0 radical (unpaired) electrons. The van der Waals surface area contributed by atoms with Gasteiger partial charge in [0.1, 0.15) is 10.8 Å². The minimum absolute atomic E-state index is 0.0712. The minimum atomic E-state index is -0.0712. The van der Waals surface area contributed by atoms with Crippen molar-refractivity contribution < 1.29 is 9.53 Å². The average molecular weight is 337 g/mol. The molecule has 5 nitrogen and oxygen atoms in total. The number of carbonyl (C=O) groups excluding carboxylic acids is 1. The molecule has 1 aromatic carbocycles. The summed E-state index contributed by atoms with van der Waals surface area (Å²) in [4.78, 5) is 12.9. The Morgan fingerprint density at radius 3 is 2.73 bits per heavy atom. The Kier molecular flexibility index (Phi) is 6.67. The molecule has 0 atom stereocenters. The zero-order valence-corrected chi connectivity index (χ0v) is 14.3. The van der Waals surface area contributed by atoms with Gasteiger partial charge in [-0.3, -0.25) is 10.1 Å². The lowest BCUT2D eigenvalue weighted by molar-refractivity contribution is -0.113. The number of carbonyl (C=O) groups is 1. The Morgan fingerprint density at radius 1 is 1.27 bits per heavy atom. The number of nitrogens with one attached hydrogen (secondary N) is 1. The van der Waals surface area contributed by atoms with Gasteiger partial charge in [-0.2, -0.15) is 0 Å². The van der Waals surface area contributed by atoms with Gasteiger partial charge >= 0.3 is 0 Å². The summed E-state index contributed by atoms with van der Waals surface area (Å²) < 4.78 is 5.39. The van der Waals surface area contributed by atoms with Gasteiger partial charge in [0.2, 0.25) is 11.0 Å². The van der Waals surface area contributed by atoms with E-state index in [4.69, 9.17) is 4.74 Å². The number of aryl methyl sites for hydroxylation is 1. The van der Waals surface area contributed by atoms with Crippen molar-refractivity contribution in [2.24, 2.45) is 0 Å². The number of ether oxygens (including phenoxy) is 1. The predicted octanol–water partition coefficient (Wildman–Crippen LogP) is 3.62. The summed E-state index contributed by atoms with van der Waals surface area (Å²) in [6.07, 6.45) is 1.92. The molecule has 7 heteroatoms. The van der Waals surface area contributed by atoms with Crippen molar-refractivity contribution in [3.05, 3.63) is 29.3 Å². The van der Waals surface area contributed by atoms with Crippen LogP contribution in [0.2, 0.25) is 0 Å². The van der Waals surface area contributed by atoms with Gasteiger partial charge in [0.15, 0.2) is 0 Å². The predicted molar refractivity (Wildman–Crippen MR) is 90.9 cm³/mol. The van der Waals surface area contributed by atoms with Gasteiger partial charge in [0.05, 0.1) is 12.4 Å². The molecule has 2 aromatic rings. The van der Waals surface area contributed by atoms with Crippen molar-refractivity contribution in [1.29, 1.82) is 0 Å². The lowest BCUT2D eigenvalue weighted by Gasteiger charge is -2.04. The fourth-order valence-corrected chi connectivity index (χ4v) is 3.28. The largest absolute Gasteiger partial charge is 0.494 e. The second kappa shape index (κ2) is 8.75. The normalized spacial score (nSPS) is 10.5. The van der Waals surface area contributed by atoms with Gasteiger partial charge < -0.3 is 4.74 Å². The molecule has 0 saturated carbocycles. The van der Waals surface area contributed by atoms with Crippen molar-refractivity contribution in [3.8, 4) is 5.75 Å². The van der Waals surface area contributed by atoms with Crippen LogP contribution in [0.25, 0.3) is 0 Å². The third-order valence-electron chi connectivity index (χ3n) is 2.68. The zero-order valence-electron chi connectivity index (χ0n) is 12.7. The molecule has 1 heterocycles. The Bertz CT molecular complexity index is 599. The van der Waals surface area contributed by atoms with Gasteiger partial charge in [-0.1, -0.05) is 18.3 Å². The number of amides is 1. The number of aromatic nitrogens is 2. The number of hydrogen-bond acceptors (Lipinski definition) is 6. The average Bonchev–Trinajstić information content (AvgIpc) is 2.94. The molecular formula is C15H19N3O2S2. The van der Waals surface area contributed by atoms with Crippen LogP contribution in [0.15, 0.2) is 29.2 Å². The van der Waals surface area contributed by atoms with Gasteiger partial charge in [-0.15, -0.1) is 22.0 Å². The molecule has 0 unspecified atom stereocenters. The first-order valence-electron chi connectivity index (χ1n) is 7.19. The smallest absolute Gasteiger partial charge is 0.236 e. The lowest BCUT2D eigenvalue weighted by atomic mass is 10.3. The van der Waals surface area contributed by atoms with E-state index in [-0.39, 0.29) is 5.91 Å². The van der Waals surface area contributed by atoms with Gasteiger partial charge in [0, 0.05) is 11.3 Å². The zero-order chi connectivity index (χ0) is 15.8. The first-order chi connectivity index (χ1) is 10.7. The summed E-state index contributed by atoms with van der Waals surface area (Å²) in [5.41, 5.74) is 0. The number of hydrogen-bond donors (Lipinski definition) is 1. The van der Waals surface area contributed by atoms with Crippen molar-refractivity contribution in [1.82, 2.24) is 10.2 Å². The van der Waals surface area contributed by atoms with E-state index in [0.29, 0.717) is 17.5 Å². The van der Waals surface area contributed by atoms with Gasteiger partial charge in [0.25, 0.3) is 0 Å². The van der Waals surface area contributed by atoms with Gasteiger partial charge in [-0.25, -0.2) is 0 Å².